The Hall–Kier alpha value is 0.990. The summed E-state index contributed by atoms with van der Waals surface area (Å²) in [4.78, 5) is 0. The summed E-state index contributed by atoms with van der Waals surface area (Å²) in [5, 5.41) is 0.620. The molecule has 128 valence electrons. The molecule has 0 spiro atoms. The van der Waals surface area contributed by atoms with Gasteiger partial charge in [-0.3, -0.25) is 0 Å². The SMILES string of the molecule is CCCCCCC(CCCCC)C(CCl)SSC(C)(C)C. The maximum absolute atomic E-state index is 6.31. The first kappa shape index (κ1) is 22.0. The van der Waals surface area contributed by atoms with Crippen molar-refractivity contribution in [2.24, 2.45) is 5.92 Å². The molecule has 0 aromatic carbocycles. The van der Waals surface area contributed by atoms with Crippen LogP contribution in [-0.4, -0.2) is 15.9 Å². The second-order valence-electron chi connectivity index (χ2n) is 7.09. The Morgan fingerprint density at radius 2 is 1.38 bits per heavy atom. The molecule has 0 amide bonds. The van der Waals surface area contributed by atoms with E-state index in [1.807, 2.05) is 21.6 Å². The molecular weight excluding hydrogens is 316 g/mol. The van der Waals surface area contributed by atoms with E-state index in [2.05, 4.69) is 34.6 Å². The lowest BCUT2D eigenvalue weighted by Gasteiger charge is -2.27. The molecule has 0 heterocycles. The lowest BCUT2D eigenvalue weighted by atomic mass is 9.92. The van der Waals surface area contributed by atoms with Gasteiger partial charge >= 0.3 is 0 Å². The van der Waals surface area contributed by atoms with Crippen LogP contribution in [0.15, 0.2) is 0 Å². The molecule has 0 saturated heterocycles. The zero-order chi connectivity index (χ0) is 16.1. The summed E-state index contributed by atoms with van der Waals surface area (Å²) in [5.74, 6) is 1.61. The molecule has 0 aliphatic carbocycles. The van der Waals surface area contributed by atoms with E-state index < -0.39 is 0 Å². The van der Waals surface area contributed by atoms with Crippen LogP contribution in [0.2, 0.25) is 0 Å². The van der Waals surface area contributed by atoms with Crippen LogP contribution in [0, 0.1) is 5.92 Å². The Labute approximate surface area is 147 Å². The molecule has 2 atom stereocenters. The summed E-state index contributed by atoms with van der Waals surface area (Å²) in [5.41, 5.74) is 0. The van der Waals surface area contributed by atoms with E-state index in [0.29, 0.717) is 10.00 Å². The van der Waals surface area contributed by atoms with Crippen LogP contribution in [-0.2, 0) is 0 Å². The highest BCUT2D eigenvalue weighted by molar-refractivity contribution is 8.77. The maximum atomic E-state index is 6.31. The second-order valence-corrected chi connectivity index (χ2v) is 10.7. The summed E-state index contributed by atoms with van der Waals surface area (Å²) in [6, 6.07) is 0. The molecule has 3 heteroatoms. The van der Waals surface area contributed by atoms with Crippen LogP contribution in [0.5, 0.6) is 0 Å². The monoisotopic (exact) mass is 352 g/mol. The fourth-order valence-corrected chi connectivity index (χ4v) is 5.91. The van der Waals surface area contributed by atoms with E-state index in [1.54, 1.807) is 0 Å². The number of unbranched alkanes of at least 4 members (excludes halogenated alkanes) is 5. The van der Waals surface area contributed by atoms with Gasteiger partial charge in [0, 0.05) is 15.9 Å². The van der Waals surface area contributed by atoms with Crippen molar-refractivity contribution < 1.29 is 0 Å². The molecule has 2 unspecified atom stereocenters. The van der Waals surface area contributed by atoms with Crippen LogP contribution >= 0.6 is 33.2 Å². The van der Waals surface area contributed by atoms with Crippen LogP contribution in [0.3, 0.4) is 0 Å². The third-order valence-electron chi connectivity index (χ3n) is 3.71. The van der Waals surface area contributed by atoms with E-state index in [1.165, 1.54) is 57.8 Å². The predicted molar refractivity (Wildman–Crippen MR) is 106 cm³/mol. The molecule has 0 aliphatic heterocycles. The van der Waals surface area contributed by atoms with Crippen LogP contribution in [0.1, 0.15) is 92.4 Å². The van der Waals surface area contributed by atoms with Crippen LogP contribution < -0.4 is 0 Å². The van der Waals surface area contributed by atoms with Gasteiger partial charge in [-0.25, -0.2) is 0 Å². The van der Waals surface area contributed by atoms with Gasteiger partial charge in [0.2, 0.25) is 0 Å². The fraction of sp³-hybridized carbons (Fsp3) is 1.00. The first-order valence-corrected chi connectivity index (χ1v) is 11.6. The van der Waals surface area contributed by atoms with Crippen molar-refractivity contribution in [1.82, 2.24) is 0 Å². The standard InChI is InChI=1S/C18H37ClS2/c1-6-8-10-12-14-16(13-11-9-7-2)17(15-19)20-21-18(3,4)5/h16-17H,6-15H2,1-5H3. The molecule has 0 N–H and O–H groups in total. The molecule has 0 aromatic rings. The molecule has 0 rings (SSSR count). The fourth-order valence-electron chi connectivity index (χ4n) is 2.44. The Morgan fingerprint density at radius 1 is 0.857 bits per heavy atom. The summed E-state index contributed by atoms with van der Waals surface area (Å²) in [6.07, 6.45) is 12.3. The maximum Gasteiger partial charge on any atom is 0.0353 e. The average Bonchev–Trinajstić information content (AvgIpc) is 2.42. The number of alkyl halides is 1. The smallest absolute Gasteiger partial charge is 0.0353 e. The van der Waals surface area contributed by atoms with Gasteiger partial charge in [0.05, 0.1) is 0 Å². The highest BCUT2D eigenvalue weighted by Gasteiger charge is 2.23. The number of hydrogen-bond donors (Lipinski definition) is 0. The molecule has 0 aliphatic rings. The van der Waals surface area contributed by atoms with Gasteiger partial charge < -0.3 is 0 Å². The lowest BCUT2D eigenvalue weighted by molar-refractivity contribution is 0.408. The van der Waals surface area contributed by atoms with E-state index in [4.69, 9.17) is 11.6 Å². The zero-order valence-corrected chi connectivity index (χ0v) is 17.3. The van der Waals surface area contributed by atoms with Gasteiger partial charge in [0.15, 0.2) is 0 Å². The summed E-state index contributed by atoms with van der Waals surface area (Å²) < 4.78 is 0.325. The second kappa shape index (κ2) is 13.4. The normalized spacial score (nSPS) is 15.1. The minimum atomic E-state index is 0.325. The molecule has 0 bridgehead atoms. The van der Waals surface area contributed by atoms with Gasteiger partial charge in [-0.05, 0) is 18.8 Å². The number of hydrogen-bond acceptors (Lipinski definition) is 2. The van der Waals surface area contributed by atoms with E-state index in [9.17, 15) is 0 Å². The minimum absolute atomic E-state index is 0.325. The summed E-state index contributed by atoms with van der Waals surface area (Å²) >= 11 is 6.31. The van der Waals surface area contributed by atoms with Gasteiger partial charge in [-0.15, -0.1) is 11.6 Å². The molecule has 0 nitrogen and oxygen atoms in total. The van der Waals surface area contributed by atoms with Gasteiger partial charge in [-0.2, -0.15) is 0 Å². The van der Waals surface area contributed by atoms with Crippen LogP contribution in [0.25, 0.3) is 0 Å². The Bertz CT molecular complexity index is 226. The first-order valence-electron chi connectivity index (χ1n) is 8.85. The minimum Gasteiger partial charge on any atom is -0.125 e. The van der Waals surface area contributed by atoms with E-state index >= 15 is 0 Å². The Kier molecular flexibility index (Phi) is 14.1. The molecule has 0 saturated carbocycles. The van der Waals surface area contributed by atoms with Crippen molar-refractivity contribution in [2.45, 2.75) is 102 Å². The molecule has 0 fully saturated rings. The van der Waals surface area contributed by atoms with E-state index in [0.717, 1.165) is 11.8 Å². The van der Waals surface area contributed by atoms with E-state index in [-0.39, 0.29) is 0 Å². The van der Waals surface area contributed by atoms with Gasteiger partial charge in [0.1, 0.15) is 0 Å². The number of halogens is 1. The molecular formula is C18H37ClS2. The topological polar surface area (TPSA) is 0 Å². The zero-order valence-electron chi connectivity index (χ0n) is 14.9. The van der Waals surface area contributed by atoms with Crippen molar-refractivity contribution in [1.29, 1.82) is 0 Å². The average molecular weight is 353 g/mol. The Morgan fingerprint density at radius 3 is 1.86 bits per heavy atom. The van der Waals surface area contributed by atoms with Crippen molar-refractivity contribution in [3.63, 3.8) is 0 Å². The summed E-state index contributed by atoms with van der Waals surface area (Å²) in [7, 11) is 4.05. The third-order valence-corrected chi connectivity index (χ3v) is 8.15. The largest absolute Gasteiger partial charge is 0.125 e. The van der Waals surface area contributed by atoms with Crippen molar-refractivity contribution in [3.8, 4) is 0 Å². The van der Waals surface area contributed by atoms with Crippen molar-refractivity contribution in [3.05, 3.63) is 0 Å². The third kappa shape index (κ3) is 13.2. The van der Waals surface area contributed by atoms with Gasteiger partial charge in [-0.1, -0.05) is 101 Å². The highest BCUT2D eigenvalue weighted by Crippen LogP contribution is 2.42. The first-order chi connectivity index (χ1) is 9.94. The highest BCUT2D eigenvalue weighted by atomic mass is 35.5. The van der Waals surface area contributed by atoms with Crippen LogP contribution in [0.4, 0.5) is 0 Å². The van der Waals surface area contributed by atoms with Crippen molar-refractivity contribution >= 4 is 33.2 Å². The Balaban J connectivity index is 4.33. The number of rotatable bonds is 13. The lowest BCUT2D eigenvalue weighted by Crippen LogP contribution is -2.20. The van der Waals surface area contributed by atoms with Gasteiger partial charge in [0.25, 0.3) is 0 Å². The molecule has 0 radical (unpaired) electrons. The summed E-state index contributed by atoms with van der Waals surface area (Å²) in [6.45, 7) is 11.5. The molecule has 0 aromatic heterocycles. The quantitative estimate of drug-likeness (QED) is 0.187. The van der Waals surface area contributed by atoms with Crippen molar-refractivity contribution in [2.75, 3.05) is 5.88 Å². The predicted octanol–water partition coefficient (Wildman–Crippen LogP) is 7.94. The molecule has 21 heavy (non-hydrogen) atoms.